The van der Waals surface area contributed by atoms with Crippen molar-refractivity contribution in [3.05, 3.63) is 139 Å². The van der Waals surface area contributed by atoms with Crippen LogP contribution in [0.3, 0.4) is 0 Å². The fourth-order valence-electron chi connectivity index (χ4n) is 5.93. The SMILES string of the molecule is C=C(C)/C=C(\C=N)c1ccc(-c2c3ccccc3c(-c3cccc4c(CC)cccc34)c3ccccc23)cc1. The molecule has 0 bridgehead atoms. The second-order valence-electron chi connectivity index (χ2n) is 10.2. The summed E-state index contributed by atoms with van der Waals surface area (Å²) in [4.78, 5) is 0. The summed E-state index contributed by atoms with van der Waals surface area (Å²) < 4.78 is 0. The first-order chi connectivity index (χ1) is 19.1. The van der Waals surface area contributed by atoms with Crippen molar-refractivity contribution in [1.29, 1.82) is 5.41 Å². The van der Waals surface area contributed by atoms with Crippen molar-refractivity contribution in [2.75, 3.05) is 0 Å². The highest BCUT2D eigenvalue weighted by Gasteiger charge is 2.18. The van der Waals surface area contributed by atoms with E-state index >= 15 is 0 Å². The summed E-state index contributed by atoms with van der Waals surface area (Å²) in [5.41, 5.74) is 9.17. The summed E-state index contributed by atoms with van der Waals surface area (Å²) in [6, 6.07) is 39.6. The van der Waals surface area contributed by atoms with E-state index in [4.69, 9.17) is 5.41 Å². The first-order valence-electron chi connectivity index (χ1n) is 13.5. The Labute approximate surface area is 230 Å². The maximum atomic E-state index is 7.88. The smallest absolute Gasteiger partial charge is 0.0256 e. The molecule has 0 unspecified atom stereocenters. The molecular weight excluding hydrogens is 470 g/mol. The minimum Gasteiger partial charge on any atom is -0.308 e. The average molecular weight is 502 g/mol. The Balaban J connectivity index is 1.66. The van der Waals surface area contributed by atoms with E-state index in [0.29, 0.717) is 0 Å². The van der Waals surface area contributed by atoms with Crippen LogP contribution in [0.5, 0.6) is 0 Å². The lowest BCUT2D eigenvalue weighted by Gasteiger charge is -2.19. The molecule has 0 aliphatic rings. The Morgan fingerprint density at radius 1 is 0.641 bits per heavy atom. The quantitative estimate of drug-likeness (QED) is 0.133. The van der Waals surface area contributed by atoms with Gasteiger partial charge >= 0.3 is 0 Å². The second kappa shape index (κ2) is 10.2. The summed E-state index contributed by atoms with van der Waals surface area (Å²) in [7, 11) is 0. The Hall–Kier alpha value is -4.75. The zero-order valence-corrected chi connectivity index (χ0v) is 22.5. The Bertz CT molecular complexity index is 1860. The van der Waals surface area contributed by atoms with Gasteiger partial charge in [0.1, 0.15) is 0 Å². The van der Waals surface area contributed by atoms with Gasteiger partial charge in [0, 0.05) is 6.21 Å². The molecule has 0 saturated heterocycles. The summed E-state index contributed by atoms with van der Waals surface area (Å²) in [5.74, 6) is 0. The molecule has 1 heteroatoms. The van der Waals surface area contributed by atoms with Crippen molar-refractivity contribution in [3.8, 4) is 22.3 Å². The van der Waals surface area contributed by atoms with E-state index in [1.54, 1.807) is 0 Å². The van der Waals surface area contributed by atoms with Gasteiger partial charge in [0.25, 0.3) is 0 Å². The average Bonchev–Trinajstić information content (AvgIpc) is 2.98. The van der Waals surface area contributed by atoms with Gasteiger partial charge in [-0.15, -0.1) is 0 Å². The van der Waals surface area contributed by atoms with Gasteiger partial charge in [0.15, 0.2) is 0 Å². The van der Waals surface area contributed by atoms with Gasteiger partial charge < -0.3 is 5.41 Å². The Morgan fingerprint density at radius 3 is 1.74 bits per heavy atom. The summed E-state index contributed by atoms with van der Waals surface area (Å²) in [6.07, 6.45) is 4.37. The van der Waals surface area contributed by atoms with Gasteiger partial charge in [-0.25, -0.2) is 0 Å². The van der Waals surface area contributed by atoms with Gasteiger partial charge in [-0.1, -0.05) is 134 Å². The molecule has 6 aromatic rings. The van der Waals surface area contributed by atoms with E-state index in [2.05, 4.69) is 123 Å². The first kappa shape index (κ1) is 24.6. The van der Waals surface area contributed by atoms with Gasteiger partial charge in [-0.3, -0.25) is 0 Å². The van der Waals surface area contributed by atoms with E-state index in [-0.39, 0.29) is 0 Å². The molecule has 6 rings (SSSR count). The van der Waals surface area contributed by atoms with Crippen LogP contribution in [0.4, 0.5) is 0 Å². The minimum absolute atomic E-state index is 0.863. The molecule has 1 N–H and O–H groups in total. The van der Waals surface area contributed by atoms with Crippen molar-refractivity contribution in [2.24, 2.45) is 0 Å². The highest BCUT2D eigenvalue weighted by atomic mass is 14.3. The highest BCUT2D eigenvalue weighted by molar-refractivity contribution is 6.23. The predicted molar refractivity (Wildman–Crippen MR) is 171 cm³/mol. The van der Waals surface area contributed by atoms with E-state index in [1.807, 2.05) is 13.0 Å². The Morgan fingerprint density at radius 2 is 1.18 bits per heavy atom. The molecule has 39 heavy (non-hydrogen) atoms. The molecular formula is C38H31N. The topological polar surface area (TPSA) is 23.9 Å². The number of allylic oxidation sites excluding steroid dienone is 3. The fraction of sp³-hybridized carbons (Fsp3) is 0.0789. The molecule has 0 aliphatic heterocycles. The standard InChI is InChI=1S/C38H31N/c1-4-26-11-9-17-31-30(26)16-10-18-32(31)38-35-14-7-5-12-33(35)37(34-13-6-8-15-36(34)38)28-21-19-27(20-22-28)29(24-39)23-25(2)3/h5-24,39H,2,4H2,1,3H3/b29-23+,39-24?. The van der Waals surface area contributed by atoms with Crippen LogP contribution in [0.2, 0.25) is 0 Å². The highest BCUT2D eigenvalue weighted by Crippen LogP contribution is 2.45. The molecule has 0 aliphatic carbocycles. The van der Waals surface area contributed by atoms with Crippen LogP contribution in [-0.4, -0.2) is 6.21 Å². The molecule has 0 atom stereocenters. The first-order valence-corrected chi connectivity index (χ1v) is 13.5. The predicted octanol–water partition coefficient (Wildman–Crippen LogP) is 10.7. The van der Waals surface area contributed by atoms with Crippen molar-refractivity contribution < 1.29 is 0 Å². The molecule has 0 amide bonds. The number of fused-ring (bicyclic) bond motifs is 3. The lowest BCUT2D eigenvalue weighted by atomic mass is 9.84. The van der Waals surface area contributed by atoms with E-state index in [1.165, 1.54) is 66.3 Å². The lowest BCUT2D eigenvalue weighted by molar-refractivity contribution is 1.16. The molecule has 6 aromatic carbocycles. The largest absolute Gasteiger partial charge is 0.308 e. The third-order valence-electron chi connectivity index (χ3n) is 7.66. The van der Waals surface area contributed by atoms with Gasteiger partial charge in [0.05, 0.1) is 0 Å². The van der Waals surface area contributed by atoms with Gasteiger partial charge in [-0.2, -0.15) is 0 Å². The van der Waals surface area contributed by atoms with E-state index in [0.717, 1.165) is 23.1 Å². The lowest BCUT2D eigenvalue weighted by Crippen LogP contribution is -1.93. The van der Waals surface area contributed by atoms with Crippen molar-refractivity contribution in [1.82, 2.24) is 0 Å². The molecule has 0 radical (unpaired) electrons. The number of benzene rings is 6. The summed E-state index contributed by atoms with van der Waals surface area (Å²) in [5, 5.41) is 15.5. The Kier molecular flexibility index (Phi) is 6.42. The van der Waals surface area contributed by atoms with Crippen molar-refractivity contribution >= 4 is 44.1 Å². The zero-order chi connectivity index (χ0) is 26.9. The molecule has 0 heterocycles. The third-order valence-corrected chi connectivity index (χ3v) is 7.66. The number of hydrogen-bond acceptors (Lipinski definition) is 1. The molecule has 0 aromatic heterocycles. The van der Waals surface area contributed by atoms with Crippen LogP contribution in [-0.2, 0) is 6.42 Å². The van der Waals surface area contributed by atoms with Gasteiger partial charge in [-0.05, 0) is 84.6 Å². The van der Waals surface area contributed by atoms with Gasteiger partial charge in [0.2, 0.25) is 0 Å². The third kappa shape index (κ3) is 4.27. The van der Waals surface area contributed by atoms with Crippen LogP contribution >= 0.6 is 0 Å². The monoisotopic (exact) mass is 501 g/mol. The number of aryl methyl sites for hydroxylation is 1. The van der Waals surface area contributed by atoms with Crippen LogP contribution in [0, 0.1) is 5.41 Å². The molecule has 1 nitrogen and oxygen atoms in total. The molecule has 188 valence electrons. The maximum absolute atomic E-state index is 7.88. The van der Waals surface area contributed by atoms with Crippen molar-refractivity contribution in [3.63, 3.8) is 0 Å². The van der Waals surface area contributed by atoms with E-state index < -0.39 is 0 Å². The number of rotatable bonds is 6. The van der Waals surface area contributed by atoms with Crippen molar-refractivity contribution in [2.45, 2.75) is 20.3 Å². The molecule has 0 fully saturated rings. The minimum atomic E-state index is 0.863. The van der Waals surface area contributed by atoms with Crippen LogP contribution in [0.25, 0.3) is 60.1 Å². The van der Waals surface area contributed by atoms with Crippen LogP contribution < -0.4 is 0 Å². The second-order valence-corrected chi connectivity index (χ2v) is 10.2. The number of hydrogen-bond donors (Lipinski definition) is 1. The molecule has 0 saturated carbocycles. The number of nitrogens with one attached hydrogen (secondary N) is 1. The molecule has 0 spiro atoms. The summed E-state index contributed by atoms with van der Waals surface area (Å²) >= 11 is 0. The maximum Gasteiger partial charge on any atom is 0.0256 e. The van der Waals surface area contributed by atoms with Crippen LogP contribution in [0.15, 0.2) is 127 Å². The normalized spacial score (nSPS) is 11.8. The zero-order valence-electron chi connectivity index (χ0n) is 22.5. The fourth-order valence-corrected chi connectivity index (χ4v) is 5.93. The summed E-state index contributed by atoms with van der Waals surface area (Å²) in [6.45, 7) is 8.17. The van der Waals surface area contributed by atoms with E-state index in [9.17, 15) is 0 Å². The van der Waals surface area contributed by atoms with Crippen LogP contribution in [0.1, 0.15) is 25.0 Å².